The van der Waals surface area contributed by atoms with Crippen LogP contribution in [0.25, 0.3) is 0 Å². The second-order valence-corrected chi connectivity index (χ2v) is 5.28. The largest absolute Gasteiger partial charge is 0.370 e. The molecule has 1 fully saturated rings. The Morgan fingerprint density at radius 1 is 1.41 bits per heavy atom. The van der Waals surface area contributed by atoms with Crippen molar-refractivity contribution in [2.24, 2.45) is 5.41 Å². The highest BCUT2D eigenvalue weighted by Gasteiger charge is 2.44. The molecule has 3 rings (SSSR count). The van der Waals surface area contributed by atoms with Gasteiger partial charge >= 0.3 is 0 Å². The Balaban J connectivity index is 1.80. The second kappa shape index (κ2) is 3.73. The molecule has 0 aromatic heterocycles. The van der Waals surface area contributed by atoms with Gasteiger partial charge in [0.05, 0.1) is 6.07 Å². The molecule has 0 N–H and O–H groups in total. The van der Waals surface area contributed by atoms with Crippen LogP contribution in [-0.4, -0.2) is 13.1 Å². The maximum atomic E-state index is 13.3. The molecule has 0 saturated heterocycles. The highest BCUT2D eigenvalue weighted by atomic mass is 19.1. The average molecular weight is 230 g/mol. The zero-order valence-electron chi connectivity index (χ0n) is 9.75. The number of hydrogen-bond acceptors (Lipinski definition) is 2. The number of rotatable bonds is 3. The minimum atomic E-state index is -0.166. The maximum absolute atomic E-state index is 13.3. The lowest BCUT2D eigenvalue weighted by molar-refractivity contribution is 0.514. The van der Waals surface area contributed by atoms with Gasteiger partial charge in [-0.05, 0) is 37.0 Å². The first kappa shape index (κ1) is 10.6. The second-order valence-electron chi connectivity index (χ2n) is 5.28. The van der Waals surface area contributed by atoms with Crippen LogP contribution in [-0.2, 0) is 6.42 Å². The van der Waals surface area contributed by atoms with Crippen LogP contribution in [0.3, 0.4) is 0 Å². The summed E-state index contributed by atoms with van der Waals surface area (Å²) in [6.07, 6.45) is 3.91. The van der Waals surface area contributed by atoms with Crippen LogP contribution in [0.2, 0.25) is 0 Å². The Labute approximate surface area is 101 Å². The number of benzene rings is 1. The maximum Gasteiger partial charge on any atom is 0.125 e. The topological polar surface area (TPSA) is 27.0 Å². The van der Waals surface area contributed by atoms with E-state index in [2.05, 4.69) is 11.0 Å². The number of nitriles is 1. The minimum Gasteiger partial charge on any atom is -0.370 e. The summed E-state index contributed by atoms with van der Waals surface area (Å²) >= 11 is 0. The number of hydrogen-bond donors (Lipinski definition) is 0. The summed E-state index contributed by atoms with van der Waals surface area (Å²) in [6.45, 7) is 1.88. The molecule has 1 heterocycles. The molecular weight excluding hydrogens is 215 g/mol. The molecule has 1 aromatic carbocycles. The van der Waals surface area contributed by atoms with Crippen molar-refractivity contribution in [2.75, 3.05) is 18.0 Å². The van der Waals surface area contributed by atoms with Crippen LogP contribution in [0.4, 0.5) is 10.1 Å². The fourth-order valence-electron chi connectivity index (χ4n) is 2.72. The molecule has 0 unspecified atom stereocenters. The molecule has 2 aliphatic rings. The van der Waals surface area contributed by atoms with E-state index in [0.717, 1.165) is 38.0 Å². The Morgan fingerprint density at radius 3 is 2.94 bits per heavy atom. The Hall–Kier alpha value is -1.56. The smallest absolute Gasteiger partial charge is 0.125 e. The van der Waals surface area contributed by atoms with Gasteiger partial charge in [0.25, 0.3) is 0 Å². The molecule has 1 aliphatic heterocycles. The summed E-state index contributed by atoms with van der Waals surface area (Å²) in [4.78, 5) is 2.25. The van der Waals surface area contributed by atoms with Crippen LogP contribution in [0.1, 0.15) is 24.8 Å². The lowest BCUT2D eigenvalue weighted by atomic mass is 10.0. The summed E-state index contributed by atoms with van der Waals surface area (Å²) in [7, 11) is 0. The first-order valence-electron chi connectivity index (χ1n) is 6.13. The Morgan fingerprint density at radius 2 is 2.24 bits per heavy atom. The summed E-state index contributed by atoms with van der Waals surface area (Å²) in [6, 6.07) is 7.32. The summed E-state index contributed by atoms with van der Waals surface area (Å²) in [5.41, 5.74) is 2.47. The molecule has 0 atom stereocenters. The van der Waals surface area contributed by atoms with Crippen LogP contribution in [0, 0.1) is 22.6 Å². The third-order valence-corrected chi connectivity index (χ3v) is 3.98. The number of anilines is 1. The van der Waals surface area contributed by atoms with Gasteiger partial charge in [0, 0.05) is 30.6 Å². The average Bonchev–Trinajstić information content (AvgIpc) is 2.95. The predicted molar refractivity (Wildman–Crippen MR) is 64.2 cm³/mol. The van der Waals surface area contributed by atoms with Crippen molar-refractivity contribution >= 4 is 5.69 Å². The third kappa shape index (κ3) is 1.88. The van der Waals surface area contributed by atoms with Gasteiger partial charge in [0.15, 0.2) is 0 Å². The van der Waals surface area contributed by atoms with E-state index in [0.29, 0.717) is 6.42 Å². The molecular formula is C14H15FN2. The first-order valence-corrected chi connectivity index (χ1v) is 6.13. The number of nitrogens with zero attached hydrogens (tertiary/aromatic N) is 2. The van der Waals surface area contributed by atoms with Crippen molar-refractivity contribution in [1.29, 1.82) is 5.26 Å². The van der Waals surface area contributed by atoms with E-state index in [9.17, 15) is 4.39 Å². The van der Waals surface area contributed by atoms with E-state index in [1.807, 2.05) is 6.07 Å². The summed E-state index contributed by atoms with van der Waals surface area (Å²) in [5, 5.41) is 8.83. The molecule has 3 heteroatoms. The van der Waals surface area contributed by atoms with Gasteiger partial charge < -0.3 is 4.90 Å². The van der Waals surface area contributed by atoms with Gasteiger partial charge in [0.1, 0.15) is 5.82 Å². The van der Waals surface area contributed by atoms with Gasteiger partial charge in [-0.3, -0.25) is 0 Å². The Bertz CT molecular complexity index is 485. The molecule has 0 bridgehead atoms. The van der Waals surface area contributed by atoms with E-state index >= 15 is 0 Å². The molecule has 1 saturated carbocycles. The van der Waals surface area contributed by atoms with Crippen molar-refractivity contribution in [3.05, 3.63) is 29.6 Å². The SMILES string of the molecule is N#CCC1(CN2CCc3ccc(F)cc32)CC1. The minimum absolute atomic E-state index is 0.166. The summed E-state index contributed by atoms with van der Waals surface area (Å²) < 4.78 is 13.3. The van der Waals surface area contributed by atoms with Crippen molar-refractivity contribution in [1.82, 2.24) is 0 Å². The molecule has 0 amide bonds. The predicted octanol–water partition coefficient (Wildman–Crippen LogP) is 2.88. The molecule has 2 nitrogen and oxygen atoms in total. The third-order valence-electron chi connectivity index (χ3n) is 3.98. The first-order chi connectivity index (χ1) is 8.22. The number of halogens is 1. The zero-order valence-corrected chi connectivity index (χ0v) is 9.75. The van der Waals surface area contributed by atoms with Gasteiger partial charge in [-0.1, -0.05) is 6.07 Å². The zero-order chi connectivity index (χ0) is 11.9. The van der Waals surface area contributed by atoms with Crippen LogP contribution in [0.15, 0.2) is 18.2 Å². The highest BCUT2D eigenvalue weighted by molar-refractivity contribution is 5.58. The molecule has 0 radical (unpaired) electrons. The van der Waals surface area contributed by atoms with E-state index < -0.39 is 0 Å². The monoisotopic (exact) mass is 230 g/mol. The van der Waals surface area contributed by atoms with Gasteiger partial charge in [-0.2, -0.15) is 5.26 Å². The van der Waals surface area contributed by atoms with Gasteiger partial charge in [0.2, 0.25) is 0 Å². The molecule has 88 valence electrons. The van der Waals surface area contributed by atoms with Crippen LogP contribution in [0.5, 0.6) is 0 Å². The van der Waals surface area contributed by atoms with Gasteiger partial charge in [-0.25, -0.2) is 4.39 Å². The van der Waals surface area contributed by atoms with E-state index in [-0.39, 0.29) is 11.2 Å². The highest BCUT2D eigenvalue weighted by Crippen LogP contribution is 2.50. The normalized spacial score (nSPS) is 19.9. The fourth-order valence-corrected chi connectivity index (χ4v) is 2.72. The fraction of sp³-hybridized carbons (Fsp3) is 0.500. The lowest BCUT2D eigenvalue weighted by Gasteiger charge is -2.24. The van der Waals surface area contributed by atoms with E-state index in [4.69, 9.17) is 5.26 Å². The molecule has 0 spiro atoms. The van der Waals surface area contributed by atoms with Crippen LogP contribution >= 0.6 is 0 Å². The number of fused-ring (bicyclic) bond motifs is 1. The van der Waals surface area contributed by atoms with Gasteiger partial charge in [-0.15, -0.1) is 0 Å². The quantitative estimate of drug-likeness (QED) is 0.798. The lowest BCUT2D eigenvalue weighted by Crippen LogP contribution is -2.28. The molecule has 1 aromatic rings. The van der Waals surface area contributed by atoms with Crippen molar-refractivity contribution in [2.45, 2.75) is 25.7 Å². The van der Waals surface area contributed by atoms with E-state index in [1.54, 1.807) is 6.07 Å². The van der Waals surface area contributed by atoms with Crippen molar-refractivity contribution in [3.63, 3.8) is 0 Å². The van der Waals surface area contributed by atoms with Crippen molar-refractivity contribution < 1.29 is 4.39 Å². The molecule has 17 heavy (non-hydrogen) atoms. The Kier molecular flexibility index (Phi) is 2.32. The summed E-state index contributed by atoms with van der Waals surface area (Å²) in [5.74, 6) is -0.166. The molecule has 1 aliphatic carbocycles. The standard InChI is InChI=1S/C14H15FN2/c15-12-2-1-11-3-8-17(13(11)9-12)10-14(4-5-14)6-7-16/h1-2,9H,3-6,8,10H2. The van der Waals surface area contributed by atoms with Crippen LogP contribution < -0.4 is 4.90 Å². The van der Waals surface area contributed by atoms with Crippen molar-refractivity contribution in [3.8, 4) is 6.07 Å². The van der Waals surface area contributed by atoms with E-state index in [1.165, 1.54) is 11.6 Å².